The van der Waals surface area contributed by atoms with Crippen molar-refractivity contribution in [1.82, 2.24) is 20.2 Å². The van der Waals surface area contributed by atoms with Gasteiger partial charge in [-0.2, -0.15) is 0 Å². The van der Waals surface area contributed by atoms with Crippen LogP contribution in [-0.4, -0.2) is 26.1 Å². The first-order valence-corrected chi connectivity index (χ1v) is 8.07. The minimum Gasteiger partial charge on any atom is -0.323 e. The molecule has 25 heavy (non-hydrogen) atoms. The van der Waals surface area contributed by atoms with Crippen molar-refractivity contribution in [3.8, 4) is 5.69 Å². The number of anilines is 1. The highest BCUT2D eigenvalue weighted by molar-refractivity contribution is 6.37. The molecule has 0 aliphatic carbocycles. The molecule has 0 spiro atoms. The van der Waals surface area contributed by atoms with Gasteiger partial charge in [0.1, 0.15) is 6.33 Å². The van der Waals surface area contributed by atoms with E-state index < -0.39 is 0 Å². The molecule has 0 radical (unpaired) electrons. The summed E-state index contributed by atoms with van der Waals surface area (Å²) in [5.74, 6) is -0.287. The molecule has 0 fully saturated rings. The summed E-state index contributed by atoms with van der Waals surface area (Å²) in [5, 5.41) is 14.8. The monoisotopic (exact) mass is 373 g/mol. The summed E-state index contributed by atoms with van der Waals surface area (Å²) in [6, 6.07) is 10.6. The Labute approximate surface area is 154 Å². The lowest BCUT2D eigenvalue weighted by Gasteiger charge is -2.08. The van der Waals surface area contributed by atoms with E-state index in [-0.39, 0.29) is 5.91 Å². The largest absolute Gasteiger partial charge is 0.323 e. The van der Waals surface area contributed by atoms with Crippen molar-refractivity contribution in [2.24, 2.45) is 0 Å². The molecule has 1 amide bonds. The van der Waals surface area contributed by atoms with E-state index in [1.165, 1.54) is 12.4 Å². The van der Waals surface area contributed by atoms with Crippen LogP contribution in [0, 0.1) is 6.92 Å². The molecule has 1 N–H and O–H groups in total. The van der Waals surface area contributed by atoms with Gasteiger partial charge in [0.15, 0.2) is 0 Å². The number of aryl methyl sites for hydroxylation is 1. The summed E-state index contributed by atoms with van der Waals surface area (Å²) in [7, 11) is 0. The highest BCUT2D eigenvalue weighted by Crippen LogP contribution is 2.25. The number of aromatic nitrogens is 4. The van der Waals surface area contributed by atoms with Crippen molar-refractivity contribution < 1.29 is 4.79 Å². The predicted molar refractivity (Wildman–Crippen MR) is 98.0 cm³/mol. The first-order valence-electron chi connectivity index (χ1n) is 7.31. The number of nitrogens with one attached hydrogen (secondary N) is 1. The van der Waals surface area contributed by atoms with Crippen molar-refractivity contribution in [2.75, 3.05) is 5.32 Å². The van der Waals surface area contributed by atoms with Gasteiger partial charge in [-0.25, -0.2) is 4.68 Å². The smallest absolute Gasteiger partial charge is 0.248 e. The highest BCUT2D eigenvalue weighted by Gasteiger charge is 2.06. The van der Waals surface area contributed by atoms with Gasteiger partial charge in [0, 0.05) is 27.4 Å². The maximum absolute atomic E-state index is 12.1. The zero-order chi connectivity index (χ0) is 17.8. The summed E-state index contributed by atoms with van der Waals surface area (Å²) in [6.45, 7) is 1.91. The Morgan fingerprint density at radius 2 is 1.96 bits per heavy atom. The SMILES string of the molecule is Cc1cc(NC(=O)/C=C/c2c(Cl)cccc2Cl)ccc1-n1cnnn1. The van der Waals surface area contributed by atoms with Gasteiger partial charge in [0.25, 0.3) is 0 Å². The number of nitrogens with zero attached hydrogens (tertiary/aromatic N) is 4. The van der Waals surface area contributed by atoms with Gasteiger partial charge in [-0.1, -0.05) is 29.3 Å². The zero-order valence-electron chi connectivity index (χ0n) is 13.1. The Kier molecular flexibility index (Phi) is 5.11. The standard InChI is InChI=1S/C17H13Cl2N5O/c1-11-9-12(5-7-16(11)24-10-20-22-23-24)21-17(25)8-6-13-14(18)3-2-4-15(13)19/h2-10H,1H3,(H,21,25)/b8-6+. The van der Waals surface area contributed by atoms with Crippen LogP contribution in [0.3, 0.4) is 0 Å². The molecule has 3 aromatic rings. The van der Waals surface area contributed by atoms with Crippen molar-refractivity contribution in [1.29, 1.82) is 0 Å². The molecule has 0 aliphatic rings. The fourth-order valence-corrected chi connectivity index (χ4v) is 2.80. The van der Waals surface area contributed by atoms with Crippen molar-refractivity contribution in [3.05, 3.63) is 70.0 Å². The summed E-state index contributed by atoms with van der Waals surface area (Å²) in [5.41, 5.74) is 3.02. The van der Waals surface area contributed by atoms with Crippen LogP contribution in [0.2, 0.25) is 10.0 Å². The average Bonchev–Trinajstić information content (AvgIpc) is 3.08. The summed E-state index contributed by atoms with van der Waals surface area (Å²) < 4.78 is 1.56. The van der Waals surface area contributed by atoms with E-state index in [2.05, 4.69) is 20.8 Å². The Hall–Kier alpha value is -2.70. The minimum absolute atomic E-state index is 0.287. The van der Waals surface area contributed by atoms with Gasteiger partial charge in [-0.15, -0.1) is 5.10 Å². The van der Waals surface area contributed by atoms with Crippen molar-refractivity contribution in [3.63, 3.8) is 0 Å². The number of hydrogen-bond donors (Lipinski definition) is 1. The van der Waals surface area contributed by atoms with E-state index in [4.69, 9.17) is 23.2 Å². The molecule has 0 bridgehead atoms. The van der Waals surface area contributed by atoms with E-state index in [1.807, 2.05) is 19.1 Å². The number of amides is 1. The molecule has 8 heteroatoms. The minimum atomic E-state index is -0.287. The van der Waals surface area contributed by atoms with Gasteiger partial charge in [-0.3, -0.25) is 4.79 Å². The Bertz CT molecular complexity index is 918. The van der Waals surface area contributed by atoms with Gasteiger partial charge in [0.2, 0.25) is 5.91 Å². The number of benzene rings is 2. The third kappa shape index (κ3) is 4.04. The third-order valence-electron chi connectivity index (χ3n) is 3.46. The number of tetrazole rings is 1. The lowest BCUT2D eigenvalue weighted by molar-refractivity contribution is -0.111. The third-order valence-corrected chi connectivity index (χ3v) is 4.12. The average molecular weight is 374 g/mol. The van der Waals surface area contributed by atoms with Crippen molar-refractivity contribution >= 4 is 40.9 Å². The molecule has 2 aromatic carbocycles. The molecule has 3 rings (SSSR count). The lowest BCUT2D eigenvalue weighted by atomic mass is 10.1. The van der Waals surface area contributed by atoms with E-state index in [1.54, 1.807) is 35.0 Å². The number of carbonyl (C=O) groups excluding carboxylic acids is 1. The fraction of sp³-hybridized carbons (Fsp3) is 0.0588. The van der Waals surface area contributed by atoms with Gasteiger partial charge in [0.05, 0.1) is 5.69 Å². The molecule has 0 saturated heterocycles. The van der Waals surface area contributed by atoms with Gasteiger partial charge in [-0.05, 0) is 59.3 Å². The summed E-state index contributed by atoms with van der Waals surface area (Å²) in [6.07, 6.45) is 4.48. The molecule has 126 valence electrons. The quantitative estimate of drug-likeness (QED) is 0.703. The van der Waals surface area contributed by atoms with Crippen LogP contribution in [0.15, 0.2) is 48.8 Å². The second-order valence-electron chi connectivity index (χ2n) is 5.21. The van der Waals surface area contributed by atoms with Gasteiger partial charge < -0.3 is 5.32 Å². The second kappa shape index (κ2) is 7.46. The molecule has 0 atom stereocenters. The summed E-state index contributed by atoms with van der Waals surface area (Å²) in [4.78, 5) is 12.1. The maximum atomic E-state index is 12.1. The predicted octanol–water partition coefficient (Wildman–Crippen LogP) is 3.93. The van der Waals surface area contributed by atoms with Crippen LogP contribution in [0.4, 0.5) is 5.69 Å². The first-order chi connectivity index (χ1) is 12.0. The van der Waals surface area contributed by atoms with Crippen LogP contribution >= 0.6 is 23.2 Å². The molecule has 0 aliphatic heterocycles. The molecular formula is C17H13Cl2N5O. The van der Waals surface area contributed by atoms with Crippen LogP contribution in [0.5, 0.6) is 0 Å². The number of hydrogen-bond acceptors (Lipinski definition) is 4. The zero-order valence-corrected chi connectivity index (χ0v) is 14.7. The van der Waals surface area contributed by atoms with E-state index >= 15 is 0 Å². The van der Waals surface area contributed by atoms with E-state index in [9.17, 15) is 4.79 Å². The molecule has 6 nitrogen and oxygen atoms in total. The Balaban J connectivity index is 1.73. The van der Waals surface area contributed by atoms with Crippen LogP contribution in [0.1, 0.15) is 11.1 Å². The Morgan fingerprint density at radius 1 is 1.20 bits per heavy atom. The molecular weight excluding hydrogens is 361 g/mol. The normalized spacial score (nSPS) is 11.0. The van der Waals surface area contributed by atoms with Gasteiger partial charge >= 0.3 is 0 Å². The second-order valence-corrected chi connectivity index (χ2v) is 6.03. The number of rotatable bonds is 4. The number of halogens is 2. The molecule has 0 saturated carbocycles. The first kappa shape index (κ1) is 17.1. The Morgan fingerprint density at radius 3 is 2.60 bits per heavy atom. The molecule has 1 aromatic heterocycles. The number of carbonyl (C=O) groups is 1. The highest BCUT2D eigenvalue weighted by atomic mass is 35.5. The molecule has 0 unspecified atom stereocenters. The summed E-state index contributed by atoms with van der Waals surface area (Å²) >= 11 is 12.1. The molecule has 1 heterocycles. The van der Waals surface area contributed by atoms with Crippen molar-refractivity contribution in [2.45, 2.75) is 6.92 Å². The topological polar surface area (TPSA) is 72.7 Å². The maximum Gasteiger partial charge on any atom is 0.248 e. The van der Waals surface area contributed by atoms with E-state index in [0.29, 0.717) is 21.3 Å². The van der Waals surface area contributed by atoms with Crippen LogP contribution in [0.25, 0.3) is 11.8 Å². The van der Waals surface area contributed by atoms with Crippen LogP contribution in [-0.2, 0) is 4.79 Å². The fourth-order valence-electron chi connectivity index (χ4n) is 2.27. The van der Waals surface area contributed by atoms with Crippen LogP contribution < -0.4 is 5.32 Å². The lowest BCUT2D eigenvalue weighted by Crippen LogP contribution is -2.08. The van der Waals surface area contributed by atoms with E-state index in [0.717, 1.165) is 11.3 Å².